The molecule has 0 spiro atoms. The molecule has 0 bridgehead atoms. The zero-order valence-electron chi connectivity index (χ0n) is 14.8. The number of phenolic OH excluding ortho intramolecular Hbond substituents is 1. The molecule has 134 valence electrons. The van der Waals surface area contributed by atoms with Crippen LogP contribution in [0.2, 0.25) is 0 Å². The summed E-state index contributed by atoms with van der Waals surface area (Å²) in [5.74, 6) is -0.818. The number of nitrogens with one attached hydrogen (secondary N) is 1. The van der Waals surface area contributed by atoms with Crippen LogP contribution in [0.25, 0.3) is 27.7 Å². The number of carbonyl (C=O) groups excluding carboxylic acids is 2. The predicted molar refractivity (Wildman–Crippen MR) is 108 cm³/mol. The first-order chi connectivity index (χ1) is 13.6. The highest BCUT2D eigenvalue weighted by molar-refractivity contribution is 6.41. The number of hydrogen-bond donors (Lipinski definition) is 2. The Morgan fingerprint density at radius 3 is 2.32 bits per heavy atom. The van der Waals surface area contributed by atoms with Gasteiger partial charge in [0.05, 0.1) is 11.3 Å². The summed E-state index contributed by atoms with van der Waals surface area (Å²) in [6, 6.07) is 21.9. The van der Waals surface area contributed by atoms with Crippen molar-refractivity contribution in [2.45, 2.75) is 0 Å². The number of aromatic nitrogens is 1. The second-order valence-corrected chi connectivity index (χ2v) is 6.74. The van der Waals surface area contributed by atoms with E-state index >= 15 is 0 Å². The van der Waals surface area contributed by atoms with E-state index in [9.17, 15) is 14.7 Å². The fourth-order valence-corrected chi connectivity index (χ4v) is 3.82. The minimum Gasteiger partial charge on any atom is -0.507 e. The van der Waals surface area contributed by atoms with Gasteiger partial charge < -0.3 is 10.1 Å². The maximum absolute atomic E-state index is 13.3. The molecule has 5 rings (SSSR count). The van der Waals surface area contributed by atoms with E-state index in [-0.39, 0.29) is 34.0 Å². The molecule has 0 saturated heterocycles. The van der Waals surface area contributed by atoms with Gasteiger partial charge in [0.2, 0.25) is 0 Å². The lowest BCUT2D eigenvalue weighted by atomic mass is 9.84. The van der Waals surface area contributed by atoms with Crippen molar-refractivity contribution in [3.8, 4) is 17.0 Å². The molecule has 1 aromatic heterocycles. The van der Waals surface area contributed by atoms with Crippen molar-refractivity contribution >= 4 is 28.0 Å². The lowest BCUT2D eigenvalue weighted by Crippen LogP contribution is -2.16. The molecule has 0 amide bonds. The van der Waals surface area contributed by atoms with Crippen LogP contribution in [0.4, 0.5) is 0 Å². The van der Waals surface area contributed by atoms with Gasteiger partial charge in [0.1, 0.15) is 5.75 Å². The third-order valence-corrected chi connectivity index (χ3v) is 5.09. The number of para-hydroxylation sites is 1. The summed E-state index contributed by atoms with van der Waals surface area (Å²) in [6.07, 6.45) is 1.38. The number of phenols is 1. The molecule has 4 heteroatoms. The van der Waals surface area contributed by atoms with Crippen molar-refractivity contribution in [1.82, 2.24) is 4.98 Å². The number of aromatic amines is 1. The third kappa shape index (κ3) is 2.32. The third-order valence-electron chi connectivity index (χ3n) is 5.09. The summed E-state index contributed by atoms with van der Waals surface area (Å²) in [5.41, 5.74) is 3.82. The fourth-order valence-electron chi connectivity index (χ4n) is 3.82. The average Bonchev–Trinajstić information content (AvgIpc) is 3.11. The zero-order valence-corrected chi connectivity index (χ0v) is 14.8. The van der Waals surface area contributed by atoms with Crippen LogP contribution in [0.3, 0.4) is 0 Å². The van der Waals surface area contributed by atoms with Gasteiger partial charge in [-0.1, -0.05) is 60.7 Å². The van der Waals surface area contributed by atoms with E-state index in [1.165, 1.54) is 12.1 Å². The monoisotopic (exact) mass is 365 g/mol. The second-order valence-electron chi connectivity index (χ2n) is 6.74. The predicted octanol–water partition coefficient (Wildman–Crippen LogP) is 5.00. The number of ketones is 2. The lowest BCUT2D eigenvalue weighted by molar-refractivity contribution is 0.0999. The van der Waals surface area contributed by atoms with Crippen LogP contribution in [0.15, 0.2) is 78.9 Å². The molecular weight excluding hydrogens is 350 g/mol. The van der Waals surface area contributed by atoms with Gasteiger partial charge in [-0.2, -0.15) is 0 Å². The maximum Gasteiger partial charge on any atom is 0.198 e. The van der Waals surface area contributed by atoms with Gasteiger partial charge in [-0.05, 0) is 23.8 Å². The average molecular weight is 365 g/mol. The lowest BCUT2D eigenvalue weighted by Gasteiger charge is -2.17. The van der Waals surface area contributed by atoms with E-state index < -0.39 is 0 Å². The molecule has 0 atom stereocenters. The highest BCUT2D eigenvalue weighted by Gasteiger charge is 2.31. The van der Waals surface area contributed by atoms with E-state index in [4.69, 9.17) is 0 Å². The fraction of sp³-hybridized carbons (Fsp3) is 0. The number of allylic oxidation sites excluding steroid dienone is 2. The van der Waals surface area contributed by atoms with Crippen molar-refractivity contribution in [3.63, 3.8) is 0 Å². The summed E-state index contributed by atoms with van der Waals surface area (Å²) >= 11 is 0. The van der Waals surface area contributed by atoms with Gasteiger partial charge >= 0.3 is 0 Å². The van der Waals surface area contributed by atoms with Crippen molar-refractivity contribution in [3.05, 3.63) is 95.6 Å². The highest BCUT2D eigenvalue weighted by Crippen LogP contribution is 2.40. The van der Waals surface area contributed by atoms with Crippen LogP contribution in [0, 0.1) is 0 Å². The highest BCUT2D eigenvalue weighted by atomic mass is 16.3. The maximum atomic E-state index is 13.3. The minimum absolute atomic E-state index is 0.0642. The molecule has 2 N–H and O–H groups in total. The summed E-state index contributed by atoms with van der Waals surface area (Å²) < 4.78 is 0. The Kier molecular flexibility index (Phi) is 3.52. The normalized spacial score (nSPS) is 13.5. The summed E-state index contributed by atoms with van der Waals surface area (Å²) in [6.45, 7) is 0. The Hall–Kier alpha value is -3.92. The van der Waals surface area contributed by atoms with Gasteiger partial charge in [-0.3, -0.25) is 9.59 Å². The van der Waals surface area contributed by atoms with E-state index in [0.29, 0.717) is 5.56 Å². The number of Topliss-reactive ketones (excluding diaryl/α,β-unsaturated/α-hetero) is 1. The van der Waals surface area contributed by atoms with Gasteiger partial charge in [0.25, 0.3) is 0 Å². The van der Waals surface area contributed by atoms with Gasteiger partial charge in [-0.25, -0.2) is 0 Å². The number of fused-ring (bicyclic) bond motifs is 2. The van der Waals surface area contributed by atoms with Crippen LogP contribution in [-0.2, 0) is 0 Å². The number of carbonyl (C=O) groups is 2. The second kappa shape index (κ2) is 6.06. The van der Waals surface area contributed by atoms with E-state index in [1.54, 1.807) is 12.1 Å². The Morgan fingerprint density at radius 1 is 0.750 bits per heavy atom. The first-order valence-electron chi connectivity index (χ1n) is 8.94. The molecule has 0 fully saturated rings. The van der Waals surface area contributed by atoms with Crippen molar-refractivity contribution in [2.75, 3.05) is 0 Å². The van der Waals surface area contributed by atoms with Crippen molar-refractivity contribution in [1.29, 1.82) is 0 Å². The number of aromatic hydroxyl groups is 1. The SMILES string of the molecule is O=C1C=C(c2c(-c3ccccc3)[nH]c3ccccc23)C(=O)c2c(O)cccc21. The van der Waals surface area contributed by atoms with E-state index in [2.05, 4.69) is 4.98 Å². The molecule has 4 aromatic rings. The van der Waals surface area contributed by atoms with Crippen molar-refractivity contribution in [2.24, 2.45) is 0 Å². The molecular formula is C24H15NO3. The quantitative estimate of drug-likeness (QED) is 0.525. The molecule has 3 aromatic carbocycles. The van der Waals surface area contributed by atoms with Gasteiger partial charge in [0, 0.05) is 27.6 Å². The standard InChI is InChI=1S/C24H15NO3/c26-19-12-6-10-16-20(27)13-17(24(28)22(16)19)21-15-9-4-5-11-18(15)25-23(21)14-7-2-1-3-8-14/h1-13,25-26H. The van der Waals surface area contributed by atoms with Crippen LogP contribution in [0.1, 0.15) is 26.3 Å². The molecule has 1 heterocycles. The molecule has 0 aliphatic heterocycles. The smallest absolute Gasteiger partial charge is 0.198 e. The molecule has 1 aliphatic carbocycles. The molecule has 4 nitrogen and oxygen atoms in total. The molecule has 1 aliphatic rings. The van der Waals surface area contributed by atoms with E-state index in [1.807, 2.05) is 54.6 Å². The number of hydrogen-bond acceptors (Lipinski definition) is 3. The number of rotatable bonds is 2. The number of H-pyrrole nitrogens is 1. The zero-order chi connectivity index (χ0) is 19.3. The van der Waals surface area contributed by atoms with Gasteiger partial charge in [0.15, 0.2) is 11.6 Å². The molecule has 0 saturated carbocycles. The number of benzene rings is 3. The Labute approximate surface area is 160 Å². The largest absolute Gasteiger partial charge is 0.507 e. The topological polar surface area (TPSA) is 70.2 Å². The Bertz CT molecular complexity index is 1300. The Morgan fingerprint density at radius 2 is 1.50 bits per heavy atom. The molecule has 0 unspecified atom stereocenters. The van der Waals surface area contributed by atoms with Gasteiger partial charge in [-0.15, -0.1) is 0 Å². The summed E-state index contributed by atoms with van der Waals surface area (Å²) in [4.78, 5) is 29.4. The van der Waals surface area contributed by atoms with E-state index in [0.717, 1.165) is 22.2 Å². The first kappa shape index (κ1) is 16.3. The molecule has 28 heavy (non-hydrogen) atoms. The summed E-state index contributed by atoms with van der Waals surface area (Å²) in [5, 5.41) is 11.1. The van der Waals surface area contributed by atoms with Crippen LogP contribution >= 0.6 is 0 Å². The van der Waals surface area contributed by atoms with Crippen molar-refractivity contribution < 1.29 is 14.7 Å². The van der Waals surface area contributed by atoms with Crippen LogP contribution in [0.5, 0.6) is 5.75 Å². The van der Waals surface area contributed by atoms with Crippen LogP contribution in [-0.4, -0.2) is 21.7 Å². The van der Waals surface area contributed by atoms with Crippen LogP contribution < -0.4 is 0 Å². The Balaban J connectivity index is 1.82. The summed E-state index contributed by atoms with van der Waals surface area (Å²) in [7, 11) is 0. The minimum atomic E-state index is -0.352. The molecule has 0 radical (unpaired) electrons. The first-order valence-corrected chi connectivity index (χ1v) is 8.94.